The molecular formula is C15H22N4O. The van der Waals surface area contributed by atoms with Gasteiger partial charge in [-0.3, -0.25) is 4.68 Å². The van der Waals surface area contributed by atoms with Crippen molar-refractivity contribution in [2.75, 3.05) is 11.9 Å². The van der Waals surface area contributed by atoms with Crippen molar-refractivity contribution >= 4 is 5.69 Å². The molecule has 0 aliphatic carbocycles. The lowest BCUT2D eigenvalue weighted by Crippen LogP contribution is -2.04. The molecule has 0 bridgehead atoms. The zero-order valence-corrected chi connectivity index (χ0v) is 12.3. The quantitative estimate of drug-likeness (QED) is 0.847. The van der Waals surface area contributed by atoms with Gasteiger partial charge in [0.2, 0.25) is 0 Å². The van der Waals surface area contributed by atoms with Crippen molar-refractivity contribution in [1.29, 1.82) is 0 Å². The molecule has 2 N–H and O–H groups in total. The highest BCUT2D eigenvalue weighted by molar-refractivity contribution is 5.58. The Balaban J connectivity index is 2.00. The molecule has 1 heterocycles. The van der Waals surface area contributed by atoms with Crippen LogP contribution in [0.4, 0.5) is 5.69 Å². The van der Waals surface area contributed by atoms with E-state index in [0.29, 0.717) is 19.5 Å². The Kier molecular flexibility index (Phi) is 4.74. The lowest BCUT2D eigenvalue weighted by atomic mass is 10.1. The van der Waals surface area contributed by atoms with Crippen LogP contribution in [0.3, 0.4) is 0 Å². The summed E-state index contributed by atoms with van der Waals surface area (Å²) in [6.45, 7) is 7.86. The molecule has 0 spiro atoms. The van der Waals surface area contributed by atoms with E-state index in [9.17, 15) is 0 Å². The fraction of sp³-hybridized carbons (Fsp3) is 0.467. The SMILES string of the molecule is Cc1cc(C)c(NCc2cn(CCCO)nn2)c(C)c1. The Labute approximate surface area is 119 Å². The van der Waals surface area contributed by atoms with E-state index < -0.39 is 0 Å². The second kappa shape index (κ2) is 6.52. The molecule has 2 aromatic rings. The number of aryl methyl sites for hydroxylation is 4. The number of benzene rings is 1. The number of nitrogens with zero attached hydrogens (tertiary/aromatic N) is 3. The maximum Gasteiger partial charge on any atom is 0.102 e. The summed E-state index contributed by atoms with van der Waals surface area (Å²) in [5, 5.41) is 20.4. The van der Waals surface area contributed by atoms with E-state index in [1.54, 1.807) is 4.68 Å². The normalized spacial score (nSPS) is 10.8. The van der Waals surface area contributed by atoms with Crippen LogP contribution in [0.25, 0.3) is 0 Å². The average Bonchev–Trinajstić information content (AvgIpc) is 2.83. The van der Waals surface area contributed by atoms with Gasteiger partial charge in [-0.05, 0) is 38.3 Å². The number of hydrogen-bond donors (Lipinski definition) is 2. The third-order valence-corrected chi connectivity index (χ3v) is 3.25. The van der Waals surface area contributed by atoms with Gasteiger partial charge < -0.3 is 10.4 Å². The molecule has 0 radical (unpaired) electrons. The van der Waals surface area contributed by atoms with E-state index in [0.717, 1.165) is 5.69 Å². The average molecular weight is 274 g/mol. The molecule has 0 aliphatic heterocycles. The predicted octanol–water partition coefficient (Wildman–Crippen LogP) is 2.20. The maximum absolute atomic E-state index is 8.80. The fourth-order valence-electron chi connectivity index (χ4n) is 2.40. The zero-order chi connectivity index (χ0) is 14.5. The smallest absolute Gasteiger partial charge is 0.102 e. The number of rotatable bonds is 6. The van der Waals surface area contributed by atoms with E-state index in [1.165, 1.54) is 22.4 Å². The Morgan fingerprint density at radius 1 is 1.20 bits per heavy atom. The molecule has 5 nitrogen and oxygen atoms in total. The first kappa shape index (κ1) is 14.5. The van der Waals surface area contributed by atoms with Gasteiger partial charge in [-0.15, -0.1) is 5.10 Å². The Hall–Kier alpha value is -1.88. The van der Waals surface area contributed by atoms with E-state index in [1.807, 2.05) is 6.20 Å². The van der Waals surface area contributed by atoms with Crippen molar-refractivity contribution in [3.05, 3.63) is 40.7 Å². The van der Waals surface area contributed by atoms with Crippen LogP contribution >= 0.6 is 0 Å². The zero-order valence-electron chi connectivity index (χ0n) is 12.3. The van der Waals surface area contributed by atoms with Crippen LogP contribution in [0.15, 0.2) is 18.3 Å². The number of nitrogens with one attached hydrogen (secondary N) is 1. The first-order chi connectivity index (χ1) is 9.60. The molecule has 0 aliphatic rings. The van der Waals surface area contributed by atoms with E-state index in [4.69, 9.17) is 5.11 Å². The highest BCUT2D eigenvalue weighted by atomic mass is 16.3. The van der Waals surface area contributed by atoms with Gasteiger partial charge in [0.25, 0.3) is 0 Å². The summed E-state index contributed by atoms with van der Waals surface area (Å²) in [6, 6.07) is 4.35. The topological polar surface area (TPSA) is 63.0 Å². The van der Waals surface area contributed by atoms with Gasteiger partial charge in [-0.25, -0.2) is 0 Å². The minimum atomic E-state index is 0.176. The van der Waals surface area contributed by atoms with Crippen LogP contribution in [0.5, 0.6) is 0 Å². The Morgan fingerprint density at radius 3 is 2.55 bits per heavy atom. The van der Waals surface area contributed by atoms with Crippen molar-refractivity contribution in [2.24, 2.45) is 0 Å². The summed E-state index contributed by atoms with van der Waals surface area (Å²) < 4.78 is 1.77. The van der Waals surface area contributed by atoms with Gasteiger partial charge >= 0.3 is 0 Å². The summed E-state index contributed by atoms with van der Waals surface area (Å²) in [4.78, 5) is 0. The van der Waals surface area contributed by atoms with Crippen LogP contribution in [0.2, 0.25) is 0 Å². The van der Waals surface area contributed by atoms with Crippen molar-refractivity contribution in [2.45, 2.75) is 40.3 Å². The molecule has 108 valence electrons. The van der Waals surface area contributed by atoms with Crippen molar-refractivity contribution in [3.63, 3.8) is 0 Å². The summed E-state index contributed by atoms with van der Waals surface area (Å²) in [5.41, 5.74) is 5.84. The molecule has 5 heteroatoms. The molecule has 0 saturated heterocycles. The molecule has 1 aromatic carbocycles. The molecule has 0 amide bonds. The van der Waals surface area contributed by atoms with Crippen molar-refractivity contribution < 1.29 is 5.11 Å². The molecular weight excluding hydrogens is 252 g/mol. The largest absolute Gasteiger partial charge is 0.396 e. The first-order valence-corrected chi connectivity index (χ1v) is 6.91. The Bertz CT molecular complexity index is 554. The third kappa shape index (κ3) is 3.57. The van der Waals surface area contributed by atoms with Crippen LogP contribution in [0.1, 0.15) is 28.8 Å². The molecule has 20 heavy (non-hydrogen) atoms. The van der Waals surface area contributed by atoms with Gasteiger partial charge in [0.05, 0.1) is 12.7 Å². The molecule has 0 saturated carbocycles. The summed E-state index contributed by atoms with van der Waals surface area (Å²) in [6.07, 6.45) is 2.62. The molecule has 1 aromatic heterocycles. The summed E-state index contributed by atoms with van der Waals surface area (Å²) in [5.74, 6) is 0. The number of hydrogen-bond acceptors (Lipinski definition) is 4. The van der Waals surface area contributed by atoms with Gasteiger partial charge in [0.15, 0.2) is 0 Å². The van der Waals surface area contributed by atoms with Gasteiger partial charge in [0.1, 0.15) is 5.69 Å². The monoisotopic (exact) mass is 274 g/mol. The summed E-state index contributed by atoms with van der Waals surface area (Å²) in [7, 11) is 0. The molecule has 0 unspecified atom stereocenters. The fourth-order valence-corrected chi connectivity index (χ4v) is 2.40. The van der Waals surface area contributed by atoms with Gasteiger partial charge in [0, 0.05) is 18.8 Å². The van der Waals surface area contributed by atoms with Crippen LogP contribution in [-0.2, 0) is 13.1 Å². The maximum atomic E-state index is 8.80. The lowest BCUT2D eigenvalue weighted by Gasteiger charge is -2.12. The number of aromatic nitrogens is 3. The molecule has 0 atom stereocenters. The lowest BCUT2D eigenvalue weighted by molar-refractivity contribution is 0.276. The summed E-state index contributed by atoms with van der Waals surface area (Å²) >= 11 is 0. The minimum Gasteiger partial charge on any atom is -0.396 e. The van der Waals surface area contributed by atoms with Gasteiger partial charge in [-0.1, -0.05) is 22.9 Å². The number of anilines is 1. The molecule has 0 fully saturated rings. The number of aliphatic hydroxyl groups is 1. The second-order valence-corrected chi connectivity index (χ2v) is 5.18. The standard InChI is InChI=1S/C15H22N4O/c1-11-7-12(2)15(13(3)8-11)16-9-14-10-19(18-17-14)5-4-6-20/h7-8,10,16,20H,4-6,9H2,1-3H3. The van der Waals surface area contributed by atoms with E-state index in [-0.39, 0.29) is 6.61 Å². The van der Waals surface area contributed by atoms with Crippen LogP contribution < -0.4 is 5.32 Å². The van der Waals surface area contributed by atoms with E-state index in [2.05, 4.69) is 48.5 Å². The third-order valence-electron chi connectivity index (χ3n) is 3.25. The second-order valence-electron chi connectivity index (χ2n) is 5.18. The van der Waals surface area contributed by atoms with Crippen LogP contribution in [0, 0.1) is 20.8 Å². The minimum absolute atomic E-state index is 0.176. The predicted molar refractivity (Wildman–Crippen MR) is 79.7 cm³/mol. The van der Waals surface area contributed by atoms with Crippen molar-refractivity contribution in [1.82, 2.24) is 15.0 Å². The highest BCUT2D eigenvalue weighted by Gasteiger charge is 2.05. The van der Waals surface area contributed by atoms with Crippen molar-refractivity contribution in [3.8, 4) is 0 Å². The highest BCUT2D eigenvalue weighted by Crippen LogP contribution is 2.22. The van der Waals surface area contributed by atoms with E-state index >= 15 is 0 Å². The first-order valence-electron chi connectivity index (χ1n) is 6.91. The van der Waals surface area contributed by atoms with Gasteiger partial charge in [-0.2, -0.15) is 0 Å². The Morgan fingerprint density at radius 2 is 1.90 bits per heavy atom. The molecule has 2 rings (SSSR count). The number of aliphatic hydroxyl groups excluding tert-OH is 1. The van der Waals surface area contributed by atoms with Crippen LogP contribution in [-0.4, -0.2) is 26.7 Å².